The molecular formula is C31H33F3O2. The minimum atomic E-state index is -2.92. The van der Waals surface area contributed by atoms with Crippen LogP contribution in [0.4, 0.5) is 13.2 Å². The number of rotatable bonds is 9. The molecule has 1 heterocycles. The summed E-state index contributed by atoms with van der Waals surface area (Å²) in [5.41, 5.74) is 2.28. The third-order valence-corrected chi connectivity index (χ3v) is 6.72. The predicted molar refractivity (Wildman–Crippen MR) is 140 cm³/mol. The molecule has 0 aromatic heterocycles. The average molecular weight is 495 g/mol. The van der Waals surface area contributed by atoms with E-state index in [1.807, 2.05) is 43.3 Å². The summed E-state index contributed by atoms with van der Waals surface area (Å²) in [5, 5.41) is 0. The summed E-state index contributed by atoms with van der Waals surface area (Å²) in [5.74, 6) is 0.478. The van der Waals surface area contributed by atoms with Crippen LogP contribution in [0, 0.1) is 11.7 Å². The largest absolute Gasteiger partial charge is 0.494 e. The summed E-state index contributed by atoms with van der Waals surface area (Å²) in [6, 6.07) is 18.1. The second-order valence-electron chi connectivity index (χ2n) is 9.23. The zero-order valence-corrected chi connectivity index (χ0v) is 20.9. The fraction of sp³-hybridized carbons (Fsp3) is 0.355. The highest BCUT2D eigenvalue weighted by Crippen LogP contribution is 2.35. The minimum absolute atomic E-state index is 0.124. The van der Waals surface area contributed by atoms with Crippen LogP contribution in [0.3, 0.4) is 0 Å². The van der Waals surface area contributed by atoms with Crippen LogP contribution in [0.15, 0.2) is 66.7 Å². The Bertz CT molecular complexity index is 1150. The van der Waals surface area contributed by atoms with E-state index in [0.717, 1.165) is 42.6 Å². The van der Waals surface area contributed by atoms with Gasteiger partial charge in [0.15, 0.2) is 0 Å². The molecule has 0 amide bonds. The van der Waals surface area contributed by atoms with E-state index in [1.165, 1.54) is 0 Å². The summed E-state index contributed by atoms with van der Waals surface area (Å²) in [7, 11) is 0. The molecule has 1 aliphatic heterocycles. The fourth-order valence-corrected chi connectivity index (χ4v) is 4.78. The zero-order valence-electron chi connectivity index (χ0n) is 20.9. The molecule has 0 spiro atoms. The van der Waals surface area contributed by atoms with Gasteiger partial charge in [-0.1, -0.05) is 74.0 Å². The predicted octanol–water partition coefficient (Wildman–Crippen LogP) is 9.10. The van der Waals surface area contributed by atoms with Gasteiger partial charge in [-0.2, -0.15) is 0 Å². The van der Waals surface area contributed by atoms with E-state index in [0.29, 0.717) is 24.7 Å². The van der Waals surface area contributed by atoms with Gasteiger partial charge in [0.2, 0.25) is 0 Å². The van der Waals surface area contributed by atoms with Gasteiger partial charge in [0, 0.05) is 5.56 Å². The second-order valence-corrected chi connectivity index (χ2v) is 9.23. The number of halogens is 3. The van der Waals surface area contributed by atoms with Crippen LogP contribution < -0.4 is 4.74 Å². The topological polar surface area (TPSA) is 18.5 Å². The van der Waals surface area contributed by atoms with Crippen LogP contribution in [0.2, 0.25) is 0 Å². The van der Waals surface area contributed by atoms with Crippen molar-refractivity contribution >= 4 is 6.08 Å². The lowest BCUT2D eigenvalue weighted by Crippen LogP contribution is -2.24. The Hall–Kier alpha value is -3.05. The van der Waals surface area contributed by atoms with E-state index in [1.54, 1.807) is 36.4 Å². The maximum absolute atomic E-state index is 15.4. The molecule has 0 radical (unpaired) electrons. The van der Waals surface area contributed by atoms with Gasteiger partial charge in [-0.05, 0) is 66.5 Å². The molecule has 36 heavy (non-hydrogen) atoms. The van der Waals surface area contributed by atoms with Crippen LogP contribution in [0.1, 0.15) is 57.1 Å². The van der Waals surface area contributed by atoms with Crippen molar-refractivity contribution in [2.24, 2.45) is 5.92 Å². The zero-order chi connectivity index (χ0) is 25.5. The molecule has 5 heteroatoms. The number of alkyl halides is 2. The van der Waals surface area contributed by atoms with E-state index in [9.17, 15) is 8.78 Å². The van der Waals surface area contributed by atoms with Crippen LogP contribution >= 0.6 is 0 Å². The smallest absolute Gasteiger partial charge is 0.267 e. The lowest BCUT2D eigenvalue weighted by molar-refractivity contribution is 0.00877. The normalized spacial score (nSPS) is 18.2. The molecule has 0 saturated carbocycles. The highest BCUT2D eigenvalue weighted by Gasteiger charge is 2.22. The Morgan fingerprint density at radius 2 is 1.58 bits per heavy atom. The van der Waals surface area contributed by atoms with E-state index in [4.69, 9.17) is 9.47 Å². The molecule has 0 aliphatic carbocycles. The average Bonchev–Trinajstić information content (AvgIpc) is 2.89. The second kappa shape index (κ2) is 12.3. The molecule has 1 aliphatic rings. The van der Waals surface area contributed by atoms with Gasteiger partial charge in [0.25, 0.3) is 6.43 Å². The van der Waals surface area contributed by atoms with Gasteiger partial charge in [0.1, 0.15) is 11.6 Å². The van der Waals surface area contributed by atoms with Crippen molar-refractivity contribution in [1.29, 1.82) is 0 Å². The molecule has 0 N–H and O–H groups in total. The maximum atomic E-state index is 15.4. The van der Waals surface area contributed by atoms with E-state index in [-0.39, 0.29) is 17.2 Å². The summed E-state index contributed by atoms with van der Waals surface area (Å²) >= 11 is 0. The summed E-state index contributed by atoms with van der Waals surface area (Å²) < 4.78 is 54.6. The molecule has 2 nitrogen and oxygen atoms in total. The molecular weight excluding hydrogens is 461 g/mol. The van der Waals surface area contributed by atoms with Crippen molar-refractivity contribution in [2.45, 2.75) is 52.1 Å². The first-order valence-corrected chi connectivity index (χ1v) is 12.7. The quantitative estimate of drug-likeness (QED) is 0.295. The van der Waals surface area contributed by atoms with Crippen LogP contribution in [0.5, 0.6) is 5.75 Å². The van der Waals surface area contributed by atoms with Gasteiger partial charge < -0.3 is 9.47 Å². The fourth-order valence-electron chi connectivity index (χ4n) is 4.78. The van der Waals surface area contributed by atoms with Gasteiger partial charge in [-0.3, -0.25) is 0 Å². The number of hydrogen-bond donors (Lipinski definition) is 0. The van der Waals surface area contributed by atoms with Gasteiger partial charge in [-0.15, -0.1) is 0 Å². The summed E-state index contributed by atoms with van der Waals surface area (Å²) in [6.45, 7) is 5.38. The van der Waals surface area contributed by atoms with E-state index >= 15 is 4.39 Å². The highest BCUT2D eigenvalue weighted by molar-refractivity contribution is 5.73. The third-order valence-electron chi connectivity index (χ3n) is 6.72. The standard InChI is InChI=1S/C31H33F3O2/c1-3-5-21-6-15-27(36-20-21)18-13-25-14-19-28(30(32)29(25)31(33)34)24-9-7-22(8-10-24)23-11-16-26(17-12-23)35-4-2/h7-14,16-19,21,27,31H,3-6,15,20H2,1-2H3/b18-13+. The van der Waals surface area contributed by atoms with E-state index in [2.05, 4.69) is 6.92 Å². The Labute approximate surface area is 211 Å². The van der Waals surface area contributed by atoms with Gasteiger partial charge in [-0.25, -0.2) is 13.2 Å². The molecule has 3 aromatic carbocycles. The monoisotopic (exact) mass is 494 g/mol. The number of hydrogen-bond acceptors (Lipinski definition) is 2. The van der Waals surface area contributed by atoms with Crippen molar-refractivity contribution < 1.29 is 22.6 Å². The van der Waals surface area contributed by atoms with Gasteiger partial charge in [0.05, 0.1) is 24.9 Å². The molecule has 3 aromatic rings. The SMILES string of the molecule is CCCC1CCC(/C=C/c2ccc(-c3ccc(-c4ccc(OCC)cc4)cc3)c(F)c2C(F)F)OC1. The molecule has 1 fully saturated rings. The summed E-state index contributed by atoms with van der Waals surface area (Å²) in [6.07, 6.45) is 4.50. The molecule has 0 bridgehead atoms. The molecule has 190 valence electrons. The van der Waals surface area contributed by atoms with Gasteiger partial charge >= 0.3 is 0 Å². The third kappa shape index (κ3) is 6.19. The van der Waals surface area contributed by atoms with Crippen LogP contribution in [-0.4, -0.2) is 19.3 Å². The minimum Gasteiger partial charge on any atom is -0.494 e. The molecule has 4 rings (SSSR count). The van der Waals surface area contributed by atoms with Crippen LogP contribution in [-0.2, 0) is 4.74 Å². The van der Waals surface area contributed by atoms with Crippen molar-refractivity contribution in [1.82, 2.24) is 0 Å². The lowest BCUT2D eigenvalue weighted by atomic mass is 9.93. The van der Waals surface area contributed by atoms with E-state index < -0.39 is 17.8 Å². The maximum Gasteiger partial charge on any atom is 0.267 e. The number of benzene rings is 3. The Balaban J connectivity index is 1.52. The van der Waals surface area contributed by atoms with Crippen LogP contribution in [0.25, 0.3) is 28.3 Å². The van der Waals surface area contributed by atoms with Crippen molar-refractivity contribution in [2.75, 3.05) is 13.2 Å². The molecule has 2 atom stereocenters. The van der Waals surface area contributed by atoms with Crippen molar-refractivity contribution in [3.8, 4) is 28.0 Å². The Kier molecular flexibility index (Phi) is 8.87. The van der Waals surface area contributed by atoms with Crippen molar-refractivity contribution in [3.05, 3.63) is 83.7 Å². The Morgan fingerprint density at radius 3 is 2.17 bits per heavy atom. The number of ether oxygens (including phenoxy) is 2. The highest BCUT2D eigenvalue weighted by atomic mass is 19.3. The first-order valence-electron chi connectivity index (χ1n) is 12.7. The first kappa shape index (κ1) is 26.0. The van der Waals surface area contributed by atoms with Crippen molar-refractivity contribution in [3.63, 3.8) is 0 Å². The first-order chi connectivity index (χ1) is 17.5. The summed E-state index contributed by atoms with van der Waals surface area (Å²) in [4.78, 5) is 0. The molecule has 2 unspecified atom stereocenters. The lowest BCUT2D eigenvalue weighted by Gasteiger charge is -2.27. The Morgan fingerprint density at radius 1 is 0.917 bits per heavy atom. The molecule has 1 saturated heterocycles.